The van der Waals surface area contributed by atoms with Crippen LogP contribution < -0.4 is 0 Å². The second kappa shape index (κ2) is 7.04. The lowest BCUT2D eigenvalue weighted by Crippen LogP contribution is -2.48. The average Bonchev–Trinajstić information content (AvgIpc) is 2.24. The molecule has 0 aromatic heterocycles. The Labute approximate surface area is 97.9 Å². The summed E-state index contributed by atoms with van der Waals surface area (Å²) in [7, 11) is 3.41. The number of hydrogen-bond acceptors (Lipinski definition) is 2. The van der Waals surface area contributed by atoms with Crippen LogP contribution in [0.2, 0.25) is 0 Å². The van der Waals surface area contributed by atoms with E-state index in [0.717, 1.165) is 0 Å². The lowest BCUT2D eigenvalue weighted by molar-refractivity contribution is -0.141. The Morgan fingerprint density at radius 1 is 1.25 bits per heavy atom. The molecular formula is C12H22N2O2. The third-order valence-electron chi connectivity index (χ3n) is 2.42. The van der Waals surface area contributed by atoms with Crippen molar-refractivity contribution in [2.24, 2.45) is 0 Å². The molecule has 16 heavy (non-hydrogen) atoms. The third-order valence-corrected chi connectivity index (χ3v) is 2.42. The van der Waals surface area contributed by atoms with E-state index in [1.54, 1.807) is 32.0 Å². The van der Waals surface area contributed by atoms with Crippen molar-refractivity contribution in [3.8, 4) is 0 Å². The van der Waals surface area contributed by atoms with Crippen LogP contribution in [0.4, 0.5) is 0 Å². The van der Waals surface area contributed by atoms with Crippen LogP contribution in [0.3, 0.4) is 0 Å². The predicted octanol–water partition coefficient (Wildman–Crippen LogP) is 1.28. The third kappa shape index (κ3) is 3.68. The van der Waals surface area contributed by atoms with Crippen molar-refractivity contribution in [2.75, 3.05) is 20.6 Å². The highest BCUT2D eigenvalue weighted by Crippen LogP contribution is 2.08. The van der Waals surface area contributed by atoms with Crippen LogP contribution >= 0.6 is 0 Å². The molecule has 0 aliphatic carbocycles. The largest absolute Gasteiger partial charge is 0.347 e. The van der Waals surface area contributed by atoms with E-state index in [9.17, 15) is 9.59 Å². The van der Waals surface area contributed by atoms with E-state index >= 15 is 0 Å². The minimum Gasteiger partial charge on any atom is -0.347 e. The topological polar surface area (TPSA) is 40.6 Å². The Morgan fingerprint density at radius 2 is 1.81 bits per heavy atom. The SMILES string of the molecule is C/C=C/C(=O)N(CC)[C@H](CC)C(=O)N(C)C. The summed E-state index contributed by atoms with van der Waals surface area (Å²) in [4.78, 5) is 26.8. The molecule has 0 fully saturated rings. The monoisotopic (exact) mass is 226 g/mol. The number of amides is 2. The van der Waals surface area contributed by atoms with Gasteiger partial charge in [-0.2, -0.15) is 0 Å². The van der Waals surface area contributed by atoms with Crippen LogP contribution in [-0.2, 0) is 9.59 Å². The molecule has 0 unspecified atom stereocenters. The molecule has 1 atom stereocenters. The molecule has 0 heterocycles. The van der Waals surface area contributed by atoms with E-state index in [1.807, 2.05) is 13.8 Å². The van der Waals surface area contributed by atoms with Crippen LogP contribution in [0.15, 0.2) is 12.2 Å². The highest BCUT2D eigenvalue weighted by atomic mass is 16.2. The summed E-state index contributed by atoms with van der Waals surface area (Å²) >= 11 is 0. The van der Waals surface area contributed by atoms with Crippen molar-refractivity contribution in [1.29, 1.82) is 0 Å². The van der Waals surface area contributed by atoms with E-state index in [2.05, 4.69) is 0 Å². The minimum absolute atomic E-state index is 0.0257. The second-order valence-electron chi connectivity index (χ2n) is 3.78. The molecular weight excluding hydrogens is 204 g/mol. The Morgan fingerprint density at radius 3 is 2.12 bits per heavy atom. The lowest BCUT2D eigenvalue weighted by Gasteiger charge is -2.30. The van der Waals surface area contributed by atoms with Gasteiger partial charge in [0.05, 0.1) is 0 Å². The molecule has 0 spiro atoms. The summed E-state index contributed by atoms with van der Waals surface area (Å²) in [6.45, 7) is 6.13. The van der Waals surface area contributed by atoms with Gasteiger partial charge >= 0.3 is 0 Å². The van der Waals surface area contributed by atoms with Gasteiger partial charge in [0.2, 0.25) is 11.8 Å². The van der Waals surface area contributed by atoms with Crippen LogP contribution in [0.25, 0.3) is 0 Å². The van der Waals surface area contributed by atoms with Gasteiger partial charge in [0.1, 0.15) is 6.04 Å². The minimum atomic E-state index is -0.358. The molecule has 0 aromatic carbocycles. The fourth-order valence-corrected chi connectivity index (χ4v) is 1.59. The summed E-state index contributed by atoms with van der Waals surface area (Å²) in [5.74, 6) is -0.130. The number of hydrogen-bond donors (Lipinski definition) is 0. The molecule has 0 saturated carbocycles. The summed E-state index contributed by atoms with van der Waals surface area (Å²) < 4.78 is 0. The van der Waals surface area contributed by atoms with Crippen LogP contribution in [0.5, 0.6) is 0 Å². The van der Waals surface area contributed by atoms with Gasteiger partial charge in [0, 0.05) is 20.6 Å². The zero-order valence-corrected chi connectivity index (χ0v) is 10.9. The van der Waals surface area contributed by atoms with E-state index in [1.165, 1.54) is 11.0 Å². The number of likely N-dealkylation sites (N-methyl/N-ethyl adjacent to an activating group) is 2. The molecule has 0 aliphatic rings. The number of carbonyl (C=O) groups is 2. The molecule has 4 nitrogen and oxygen atoms in total. The molecule has 0 aromatic rings. The molecule has 0 rings (SSSR count). The molecule has 2 amide bonds. The Kier molecular flexibility index (Phi) is 6.46. The van der Waals surface area contributed by atoms with Gasteiger partial charge in [0.15, 0.2) is 0 Å². The van der Waals surface area contributed by atoms with Crippen molar-refractivity contribution < 1.29 is 9.59 Å². The predicted molar refractivity (Wildman–Crippen MR) is 65.0 cm³/mol. The number of rotatable bonds is 5. The summed E-state index contributed by atoms with van der Waals surface area (Å²) in [5, 5.41) is 0. The quantitative estimate of drug-likeness (QED) is 0.663. The lowest BCUT2D eigenvalue weighted by atomic mass is 10.1. The van der Waals surface area contributed by atoms with E-state index in [4.69, 9.17) is 0 Å². The fraction of sp³-hybridized carbons (Fsp3) is 0.667. The van der Waals surface area contributed by atoms with Crippen molar-refractivity contribution in [3.05, 3.63) is 12.2 Å². The maximum atomic E-state index is 11.9. The summed E-state index contributed by atoms with van der Waals surface area (Å²) in [6, 6.07) is -0.358. The maximum absolute atomic E-state index is 11.9. The van der Waals surface area contributed by atoms with E-state index in [-0.39, 0.29) is 17.9 Å². The van der Waals surface area contributed by atoms with Crippen molar-refractivity contribution in [3.63, 3.8) is 0 Å². The van der Waals surface area contributed by atoms with Crippen molar-refractivity contribution in [1.82, 2.24) is 9.80 Å². The maximum Gasteiger partial charge on any atom is 0.246 e. The number of allylic oxidation sites excluding steroid dienone is 1. The van der Waals surface area contributed by atoms with E-state index < -0.39 is 0 Å². The Bertz CT molecular complexity index is 272. The van der Waals surface area contributed by atoms with Gasteiger partial charge in [0.25, 0.3) is 0 Å². The molecule has 4 heteroatoms. The zero-order valence-electron chi connectivity index (χ0n) is 10.9. The first kappa shape index (κ1) is 14.7. The standard InChI is InChI=1S/C12H22N2O2/c1-6-9-11(15)14(8-3)10(7-2)12(16)13(4)5/h6,9-10H,7-8H2,1-5H3/b9-6+/t10-/m1/s1. The van der Waals surface area contributed by atoms with Gasteiger partial charge < -0.3 is 9.80 Å². The fourth-order valence-electron chi connectivity index (χ4n) is 1.59. The van der Waals surface area contributed by atoms with Gasteiger partial charge in [-0.25, -0.2) is 0 Å². The summed E-state index contributed by atoms with van der Waals surface area (Å²) in [6.07, 6.45) is 3.82. The number of carbonyl (C=O) groups excluding carboxylic acids is 2. The Hall–Kier alpha value is -1.32. The zero-order chi connectivity index (χ0) is 12.7. The van der Waals surface area contributed by atoms with Crippen molar-refractivity contribution in [2.45, 2.75) is 33.2 Å². The first-order chi connectivity index (χ1) is 7.49. The first-order valence-electron chi connectivity index (χ1n) is 5.63. The number of nitrogens with zero attached hydrogens (tertiary/aromatic N) is 2. The Balaban J connectivity index is 4.89. The van der Waals surface area contributed by atoms with Crippen LogP contribution in [-0.4, -0.2) is 48.3 Å². The van der Waals surface area contributed by atoms with Gasteiger partial charge in [-0.1, -0.05) is 13.0 Å². The highest BCUT2D eigenvalue weighted by Gasteiger charge is 2.26. The average molecular weight is 226 g/mol. The smallest absolute Gasteiger partial charge is 0.246 e. The van der Waals surface area contributed by atoms with Crippen molar-refractivity contribution >= 4 is 11.8 Å². The normalized spacial score (nSPS) is 12.6. The molecule has 92 valence electrons. The molecule has 0 saturated heterocycles. The molecule has 0 aliphatic heterocycles. The van der Waals surface area contributed by atoms with Crippen LogP contribution in [0.1, 0.15) is 27.2 Å². The van der Waals surface area contributed by atoms with Gasteiger partial charge in [-0.15, -0.1) is 0 Å². The summed E-state index contributed by atoms with van der Waals surface area (Å²) in [5.41, 5.74) is 0. The molecule has 0 bridgehead atoms. The first-order valence-corrected chi connectivity index (χ1v) is 5.63. The molecule has 0 N–H and O–H groups in total. The van der Waals surface area contributed by atoms with E-state index in [0.29, 0.717) is 13.0 Å². The van der Waals surface area contributed by atoms with Crippen LogP contribution in [0, 0.1) is 0 Å². The second-order valence-corrected chi connectivity index (χ2v) is 3.78. The molecule has 0 radical (unpaired) electrons. The van der Waals surface area contributed by atoms with Gasteiger partial charge in [-0.3, -0.25) is 9.59 Å². The highest BCUT2D eigenvalue weighted by molar-refractivity contribution is 5.92. The van der Waals surface area contributed by atoms with Gasteiger partial charge in [-0.05, 0) is 26.3 Å².